The first-order chi connectivity index (χ1) is 10.8. The fourth-order valence-electron chi connectivity index (χ4n) is 1.96. The first-order valence-corrected chi connectivity index (χ1v) is 7.54. The van der Waals surface area contributed by atoms with Crippen molar-refractivity contribution >= 4 is 33.1 Å². The normalized spacial score (nSPS) is 11.7. The number of aromatic nitrogens is 4. The molecule has 118 valence electrons. The van der Waals surface area contributed by atoms with Crippen LogP contribution in [0.1, 0.15) is 10.4 Å². The monoisotopic (exact) mass is 334 g/mol. The Morgan fingerprint density at radius 3 is 2.52 bits per heavy atom. The molecular weight excluding hydrogens is 326 g/mol. The van der Waals surface area contributed by atoms with Gasteiger partial charge in [0.25, 0.3) is 15.6 Å². The van der Waals surface area contributed by atoms with Crippen LogP contribution in [0, 0.1) is 0 Å². The maximum Gasteiger partial charge on any atom is 0.280 e. The number of nitrogens with one attached hydrogen (secondary N) is 1. The van der Waals surface area contributed by atoms with Crippen molar-refractivity contribution in [2.75, 3.05) is 5.73 Å². The maximum absolute atomic E-state index is 12.6. The first kappa shape index (κ1) is 14.7. The molecule has 0 aliphatic carbocycles. The van der Waals surface area contributed by atoms with Gasteiger partial charge in [-0.3, -0.25) is 9.78 Å². The van der Waals surface area contributed by atoms with E-state index in [0.29, 0.717) is 3.97 Å². The summed E-state index contributed by atoms with van der Waals surface area (Å²) < 4.78 is 25.9. The minimum absolute atomic E-state index is 0.168. The fourth-order valence-corrected chi connectivity index (χ4v) is 3.19. The highest BCUT2D eigenvalue weighted by Crippen LogP contribution is 2.18. The number of aromatic amines is 1. The molecule has 0 radical (unpaired) electrons. The van der Waals surface area contributed by atoms with E-state index in [0.717, 1.165) is 30.6 Å². The Bertz CT molecular complexity index is 1080. The molecule has 1 aromatic carbocycles. The number of nitrogen functional groups attached to an aromatic ring is 1. The standard InChI is InChI=1S/C12H9N5O5S/c13-12-15-9-8(10(18)16-12)14-5-17(9)23(21,22)7-3-1-6(2-4-7)11(19)20/h1-5H,(H,19,20)(H3,13,15,16,18)/p-1. The molecule has 0 atom stereocenters. The third-order valence-corrected chi connectivity index (χ3v) is 4.70. The molecule has 0 fully saturated rings. The molecule has 3 aromatic rings. The molecule has 0 aliphatic rings. The third kappa shape index (κ3) is 2.32. The molecule has 2 heterocycles. The Balaban J connectivity index is 2.20. The fraction of sp³-hybridized carbons (Fsp3) is 0. The summed E-state index contributed by atoms with van der Waals surface area (Å²) in [5.41, 5.74) is 4.16. The van der Waals surface area contributed by atoms with Crippen molar-refractivity contribution in [2.45, 2.75) is 4.90 Å². The van der Waals surface area contributed by atoms with Gasteiger partial charge in [-0.25, -0.2) is 17.4 Å². The van der Waals surface area contributed by atoms with Crippen molar-refractivity contribution in [2.24, 2.45) is 0 Å². The molecule has 23 heavy (non-hydrogen) atoms. The van der Waals surface area contributed by atoms with E-state index in [1.807, 2.05) is 0 Å². The molecule has 3 rings (SSSR count). The Morgan fingerprint density at radius 2 is 1.91 bits per heavy atom. The van der Waals surface area contributed by atoms with E-state index >= 15 is 0 Å². The maximum atomic E-state index is 12.6. The topological polar surface area (TPSA) is 164 Å². The number of fused-ring (bicyclic) bond motifs is 1. The zero-order valence-electron chi connectivity index (χ0n) is 11.3. The average molecular weight is 334 g/mol. The molecule has 2 aromatic heterocycles. The van der Waals surface area contributed by atoms with E-state index in [4.69, 9.17) is 5.73 Å². The SMILES string of the molecule is Nc1nc2c(ncn2S(=O)(=O)c2ccc(C(=O)[O-])cc2)c(=O)[nH]1. The van der Waals surface area contributed by atoms with Crippen molar-refractivity contribution in [3.8, 4) is 0 Å². The van der Waals surface area contributed by atoms with E-state index in [1.165, 1.54) is 0 Å². The average Bonchev–Trinajstić information content (AvgIpc) is 2.92. The molecule has 0 aliphatic heterocycles. The molecule has 0 saturated carbocycles. The highest BCUT2D eigenvalue weighted by atomic mass is 32.2. The van der Waals surface area contributed by atoms with Crippen molar-refractivity contribution in [1.82, 2.24) is 18.9 Å². The number of carboxylic acid groups (broad SMARTS) is 1. The summed E-state index contributed by atoms with van der Waals surface area (Å²) in [7, 11) is -4.13. The molecule has 0 amide bonds. The minimum Gasteiger partial charge on any atom is -0.545 e. The number of carbonyl (C=O) groups excluding carboxylic acids is 1. The Morgan fingerprint density at radius 1 is 1.26 bits per heavy atom. The second kappa shape index (κ2) is 4.91. The summed E-state index contributed by atoms with van der Waals surface area (Å²) >= 11 is 0. The first-order valence-electron chi connectivity index (χ1n) is 6.10. The van der Waals surface area contributed by atoms with E-state index in [9.17, 15) is 23.1 Å². The highest BCUT2D eigenvalue weighted by molar-refractivity contribution is 7.90. The number of carboxylic acids is 1. The van der Waals surface area contributed by atoms with E-state index < -0.39 is 21.6 Å². The molecule has 11 heteroatoms. The van der Waals surface area contributed by atoms with Crippen LogP contribution >= 0.6 is 0 Å². The van der Waals surface area contributed by atoms with Gasteiger partial charge < -0.3 is 15.6 Å². The van der Waals surface area contributed by atoms with Gasteiger partial charge in [0, 0.05) is 0 Å². The lowest BCUT2D eigenvalue weighted by molar-refractivity contribution is -0.255. The zero-order chi connectivity index (χ0) is 16.8. The lowest BCUT2D eigenvalue weighted by Gasteiger charge is -2.07. The van der Waals surface area contributed by atoms with Crippen LogP contribution < -0.4 is 16.4 Å². The van der Waals surface area contributed by atoms with Crippen LogP contribution in [0.25, 0.3) is 11.2 Å². The van der Waals surface area contributed by atoms with Crippen molar-refractivity contribution in [3.63, 3.8) is 0 Å². The third-order valence-electron chi connectivity index (χ3n) is 3.04. The molecule has 0 spiro atoms. The van der Waals surface area contributed by atoms with Crippen LogP contribution in [0.4, 0.5) is 5.95 Å². The Kier molecular flexibility index (Phi) is 3.14. The number of carbonyl (C=O) groups is 1. The van der Waals surface area contributed by atoms with E-state index in [1.54, 1.807) is 0 Å². The second-order valence-corrected chi connectivity index (χ2v) is 6.30. The minimum atomic E-state index is -4.13. The summed E-state index contributed by atoms with van der Waals surface area (Å²) in [6, 6.07) is 4.39. The van der Waals surface area contributed by atoms with Gasteiger partial charge in [-0.05, 0) is 17.7 Å². The lowest BCUT2D eigenvalue weighted by atomic mass is 10.2. The number of hydrogen-bond acceptors (Lipinski definition) is 8. The van der Waals surface area contributed by atoms with Crippen LogP contribution in [0.3, 0.4) is 0 Å². The van der Waals surface area contributed by atoms with Crippen molar-refractivity contribution in [1.29, 1.82) is 0 Å². The van der Waals surface area contributed by atoms with Crippen LogP contribution in [0.2, 0.25) is 0 Å². The molecule has 10 nitrogen and oxygen atoms in total. The number of benzene rings is 1. The van der Waals surface area contributed by atoms with Crippen LogP contribution in [0.15, 0.2) is 40.3 Å². The van der Waals surface area contributed by atoms with Crippen LogP contribution in [-0.2, 0) is 10.0 Å². The zero-order valence-corrected chi connectivity index (χ0v) is 12.1. The van der Waals surface area contributed by atoms with Gasteiger partial charge in [0.2, 0.25) is 5.95 Å². The predicted octanol–water partition coefficient (Wildman–Crippen LogP) is -1.70. The number of anilines is 1. The Labute approximate surface area is 128 Å². The lowest BCUT2D eigenvalue weighted by Crippen LogP contribution is -2.22. The molecule has 0 saturated heterocycles. The van der Waals surface area contributed by atoms with Crippen LogP contribution in [0.5, 0.6) is 0 Å². The van der Waals surface area contributed by atoms with Crippen LogP contribution in [-0.4, -0.2) is 33.3 Å². The summed E-state index contributed by atoms with van der Waals surface area (Å²) in [5.74, 6) is -1.69. The number of imidazole rings is 1. The molecule has 0 unspecified atom stereocenters. The molecule has 3 N–H and O–H groups in total. The predicted molar refractivity (Wildman–Crippen MR) is 75.9 cm³/mol. The number of nitrogens with two attached hydrogens (primary N) is 1. The van der Waals surface area contributed by atoms with Gasteiger partial charge in [-0.15, -0.1) is 0 Å². The van der Waals surface area contributed by atoms with Crippen molar-refractivity contribution in [3.05, 3.63) is 46.5 Å². The molecular formula is C12H8N5O5S-. The van der Waals surface area contributed by atoms with Gasteiger partial charge in [0.1, 0.15) is 6.33 Å². The molecule has 0 bridgehead atoms. The largest absolute Gasteiger partial charge is 0.545 e. The summed E-state index contributed by atoms with van der Waals surface area (Å²) in [5, 5.41) is 10.7. The van der Waals surface area contributed by atoms with Gasteiger partial charge >= 0.3 is 0 Å². The number of H-pyrrole nitrogens is 1. The number of nitrogens with zero attached hydrogens (tertiary/aromatic N) is 3. The second-order valence-electron chi connectivity index (χ2n) is 4.48. The van der Waals surface area contributed by atoms with Crippen molar-refractivity contribution < 1.29 is 18.3 Å². The van der Waals surface area contributed by atoms with Gasteiger partial charge in [0.15, 0.2) is 11.2 Å². The quantitative estimate of drug-likeness (QED) is 0.572. The summed E-state index contributed by atoms with van der Waals surface area (Å²) in [4.78, 5) is 31.9. The van der Waals surface area contributed by atoms with E-state index in [-0.39, 0.29) is 27.6 Å². The summed E-state index contributed by atoms with van der Waals surface area (Å²) in [6.07, 6.45) is 0.925. The van der Waals surface area contributed by atoms with Gasteiger partial charge in [-0.2, -0.15) is 4.98 Å². The number of aromatic carboxylic acids is 1. The van der Waals surface area contributed by atoms with Gasteiger partial charge in [0.05, 0.1) is 10.9 Å². The van der Waals surface area contributed by atoms with Gasteiger partial charge in [-0.1, -0.05) is 12.1 Å². The number of rotatable bonds is 3. The highest BCUT2D eigenvalue weighted by Gasteiger charge is 2.22. The smallest absolute Gasteiger partial charge is 0.280 e. The Hall–Kier alpha value is -3.21. The van der Waals surface area contributed by atoms with E-state index in [2.05, 4.69) is 15.0 Å². The number of hydrogen-bond donors (Lipinski definition) is 2. The summed E-state index contributed by atoms with van der Waals surface area (Å²) in [6.45, 7) is 0.